The van der Waals surface area contributed by atoms with E-state index in [0.717, 1.165) is 49.4 Å². The molecule has 12 aliphatic rings. The van der Waals surface area contributed by atoms with E-state index >= 15 is 0 Å². The Labute approximate surface area is 643 Å². The topological polar surface area (TPSA) is 0 Å². The summed E-state index contributed by atoms with van der Waals surface area (Å²) in [5.74, 6) is 8.36. The van der Waals surface area contributed by atoms with Gasteiger partial charge >= 0.3 is 0 Å². The average Bonchev–Trinajstić information content (AvgIpc) is 1.69. The molecule has 0 aromatic heterocycles. The number of hydrogen-bond acceptors (Lipinski definition) is 24. The predicted octanol–water partition coefficient (Wildman–Crippen LogP) is 33.3. The van der Waals surface area contributed by atoms with E-state index in [2.05, 4.69) is 268 Å². The normalized spacial score (nSPS) is 23.4. The minimum atomic E-state index is 0.826. The number of thioether (sulfide) groups is 24. The average molecular weight is 1640 g/mol. The molecule has 0 saturated heterocycles. The number of rotatable bonds is 28. The number of unbranched alkanes of at least 4 members (excludes halogenated alkanes) is 4. The van der Waals surface area contributed by atoms with Crippen LogP contribution in [-0.4, -0.2) is 23.0 Å². The molecule has 0 aromatic rings. The van der Waals surface area contributed by atoms with E-state index in [1.165, 1.54) is 224 Å². The molecule has 90 heavy (non-hydrogen) atoms. The summed E-state index contributed by atoms with van der Waals surface area (Å²) in [5.41, 5.74) is 6.13. The summed E-state index contributed by atoms with van der Waals surface area (Å²) in [5, 5.41) is 0. The van der Waals surface area contributed by atoms with Gasteiger partial charge in [0, 0.05) is 23.0 Å². The van der Waals surface area contributed by atoms with Gasteiger partial charge in [-0.05, 0) is 97.3 Å². The Balaban J connectivity index is 0.592. The maximum Gasteiger partial charge on any atom is 0.0718 e. The zero-order chi connectivity index (χ0) is 62.1. The van der Waals surface area contributed by atoms with E-state index < -0.39 is 0 Å². The van der Waals surface area contributed by atoms with Gasteiger partial charge in [-0.2, -0.15) is 0 Å². The molecule has 4 atom stereocenters. The van der Waals surface area contributed by atoms with Crippen LogP contribution < -0.4 is 0 Å². The van der Waals surface area contributed by atoms with Gasteiger partial charge in [-0.3, -0.25) is 0 Å². The van der Waals surface area contributed by atoms with E-state index in [0.29, 0.717) is 0 Å². The first-order valence-corrected chi connectivity index (χ1v) is 52.4. The van der Waals surface area contributed by atoms with E-state index in [1.54, 1.807) is 16.9 Å². The largest absolute Gasteiger partial charge is 0.117 e. The molecule has 10 heterocycles. The van der Waals surface area contributed by atoms with Gasteiger partial charge in [0.1, 0.15) is 0 Å². The molecule has 0 fully saturated rings. The van der Waals surface area contributed by atoms with Crippen molar-refractivity contribution in [3.63, 3.8) is 0 Å². The van der Waals surface area contributed by atoms with Gasteiger partial charge in [0.05, 0.1) is 93.2 Å². The third-order valence-electron chi connectivity index (χ3n) is 16.5. The van der Waals surface area contributed by atoms with E-state index in [1.807, 2.05) is 94.1 Å². The van der Waals surface area contributed by atoms with Crippen molar-refractivity contribution in [1.82, 2.24) is 0 Å². The molecule has 10 aliphatic heterocycles. The van der Waals surface area contributed by atoms with Crippen LogP contribution in [-0.2, 0) is 0 Å². The highest BCUT2D eigenvalue weighted by Gasteiger charge is 2.41. The lowest BCUT2D eigenvalue weighted by Crippen LogP contribution is -2.03. The molecular weight excluding hydrogens is 1560 g/mol. The first kappa shape index (κ1) is 74.2. The van der Waals surface area contributed by atoms with Crippen LogP contribution in [0.15, 0.2) is 140 Å². The zero-order valence-electron chi connectivity index (χ0n) is 52.4. The molecule has 488 valence electrons. The van der Waals surface area contributed by atoms with Gasteiger partial charge in [-0.25, -0.2) is 0 Å². The molecule has 0 bridgehead atoms. The standard InChI is InChI=1S/C66H80S24/c1-9-17-21-37(13-5)33-67-49-50(68-34-38(14-6)22-18-10-2)80-61(79-49)63-83-53-54(84-63)72-45(71-53)41-25-29-43(30-26-41)47-75-57-58(76-47)88-65(87-57)66-89-59-60(90-66)78-48(77-59)44-31-27-42(28-32-44)46-73-55-56(74-46)86-64(85-55)62-81-51(69-35-39(15-7)23-19-11-3)52(82-62)70-36-40(16-8)24-20-12-4/h25,27,29,31,37-40H,9-24,26,28,30,32-36H2,1-8H3. The van der Waals surface area contributed by atoms with Crippen LogP contribution in [0.1, 0.15) is 184 Å². The van der Waals surface area contributed by atoms with E-state index in [9.17, 15) is 0 Å². The third-order valence-corrected chi connectivity index (χ3v) is 53.1. The lowest BCUT2D eigenvalue weighted by molar-refractivity contribution is 0.500. The highest BCUT2D eigenvalue weighted by atomic mass is 32.3. The van der Waals surface area contributed by atoms with Crippen LogP contribution in [0.2, 0.25) is 0 Å². The van der Waals surface area contributed by atoms with Crippen LogP contribution in [0, 0.1) is 23.7 Å². The minimum absolute atomic E-state index is 0.826. The Bertz CT molecular complexity index is 2890. The predicted molar refractivity (Wildman–Crippen MR) is 463 cm³/mol. The molecule has 0 aromatic carbocycles. The Morgan fingerprint density at radius 1 is 0.244 bits per heavy atom. The van der Waals surface area contributed by atoms with Gasteiger partial charge in [0.15, 0.2) is 0 Å². The Hall–Kier alpha value is 4.50. The SMILES string of the molecule is CCCCC(CC)CSC1=C(SCC(CC)CCCC)SC(=C2SC3=C(SC(=C4C=CC(=C5SC6=C(S5)SC(=C5SC7=C(SC(=C8C=CC(=C9SC%10=C(S9)SC(=C9SC(SCC(CC)CCCC)=C(SCC(CC)CCCC)S9)S%10)CC8)S7)S5)S6)CC4)S3)S2)S1. The molecule has 24 heteroatoms. The second-order valence-electron chi connectivity index (χ2n) is 23.0. The van der Waals surface area contributed by atoms with Crippen LogP contribution in [0.25, 0.3) is 0 Å². The first-order valence-electron chi connectivity index (χ1n) is 32.2. The minimum Gasteiger partial charge on any atom is -0.117 e. The van der Waals surface area contributed by atoms with Crippen LogP contribution in [0.5, 0.6) is 0 Å². The fourth-order valence-electron chi connectivity index (χ4n) is 10.6. The number of hydrogen-bond donors (Lipinski definition) is 0. The summed E-state index contributed by atoms with van der Waals surface area (Å²) in [7, 11) is 0. The molecule has 0 saturated carbocycles. The smallest absolute Gasteiger partial charge is 0.0718 e. The summed E-state index contributed by atoms with van der Waals surface area (Å²) in [6, 6.07) is 0. The van der Waals surface area contributed by atoms with Gasteiger partial charge in [-0.1, -0.05) is 392 Å². The monoisotopic (exact) mass is 1640 g/mol. The van der Waals surface area contributed by atoms with Gasteiger partial charge in [0.2, 0.25) is 0 Å². The van der Waals surface area contributed by atoms with E-state index in [4.69, 9.17) is 0 Å². The van der Waals surface area contributed by atoms with Crippen LogP contribution >= 0.6 is 282 Å². The maximum atomic E-state index is 2.46. The third kappa shape index (κ3) is 19.3. The molecule has 0 amide bonds. The molecule has 12 rings (SSSR count). The summed E-state index contributed by atoms with van der Waals surface area (Å²) in [4.78, 5) is 0. The quantitative estimate of drug-likeness (QED) is 0.0729. The Morgan fingerprint density at radius 2 is 0.411 bits per heavy atom. The maximum absolute atomic E-state index is 2.46. The molecule has 0 nitrogen and oxygen atoms in total. The van der Waals surface area contributed by atoms with E-state index in [-0.39, 0.29) is 0 Å². The summed E-state index contributed by atoms with van der Waals surface area (Å²) >= 11 is 49.9. The van der Waals surface area contributed by atoms with Crippen molar-refractivity contribution in [1.29, 1.82) is 0 Å². The molecule has 0 radical (unpaired) electrons. The molecule has 4 unspecified atom stereocenters. The summed E-state index contributed by atoms with van der Waals surface area (Å²) in [6.45, 7) is 19.0. The molecule has 0 spiro atoms. The van der Waals surface area contributed by atoms with Crippen molar-refractivity contribution in [3.8, 4) is 0 Å². The highest BCUT2D eigenvalue weighted by molar-refractivity contribution is 8.53. The van der Waals surface area contributed by atoms with Crippen LogP contribution in [0.3, 0.4) is 0 Å². The van der Waals surface area contributed by atoms with Crippen molar-refractivity contribution in [2.45, 2.75) is 184 Å². The van der Waals surface area contributed by atoms with Crippen molar-refractivity contribution in [3.05, 3.63) is 140 Å². The lowest BCUT2D eigenvalue weighted by atomic mass is 10.00. The fourth-order valence-corrected chi connectivity index (χ4v) is 50.0. The van der Waals surface area contributed by atoms with Crippen molar-refractivity contribution in [2.75, 3.05) is 23.0 Å². The molecular formula is C66H80S24. The van der Waals surface area contributed by atoms with Crippen molar-refractivity contribution in [2.24, 2.45) is 23.7 Å². The van der Waals surface area contributed by atoms with Gasteiger partial charge < -0.3 is 0 Å². The fraction of sp³-hybridized carbons (Fsp3) is 0.545. The van der Waals surface area contributed by atoms with Gasteiger partial charge in [-0.15, -0.1) is 47.0 Å². The lowest BCUT2D eigenvalue weighted by Gasteiger charge is -2.16. The van der Waals surface area contributed by atoms with Crippen LogP contribution in [0.4, 0.5) is 0 Å². The summed E-state index contributed by atoms with van der Waals surface area (Å²) < 4.78 is 33.6. The molecule has 0 N–H and O–H groups in total. The first-order chi connectivity index (χ1) is 44.1. The van der Waals surface area contributed by atoms with Gasteiger partial charge in [0.25, 0.3) is 0 Å². The second kappa shape index (κ2) is 37.3. The van der Waals surface area contributed by atoms with Crippen molar-refractivity contribution < 1.29 is 0 Å². The summed E-state index contributed by atoms with van der Waals surface area (Å²) in [6.07, 6.45) is 35.7. The molecule has 2 aliphatic carbocycles. The highest BCUT2D eigenvalue weighted by Crippen LogP contribution is 2.76. The van der Waals surface area contributed by atoms with Crippen molar-refractivity contribution >= 4 is 282 Å². The zero-order valence-corrected chi connectivity index (χ0v) is 72.0. The number of allylic oxidation sites excluding steroid dienone is 8. The Kier molecular flexibility index (Phi) is 30.7. The Morgan fingerprint density at radius 3 is 0.567 bits per heavy atom. The second-order valence-corrected chi connectivity index (χ2v) is 53.3.